The minimum absolute atomic E-state index is 0.318. The summed E-state index contributed by atoms with van der Waals surface area (Å²) < 4.78 is 0. The van der Waals surface area contributed by atoms with Crippen LogP contribution in [0.4, 0.5) is 4.79 Å². The van der Waals surface area contributed by atoms with Crippen molar-refractivity contribution < 1.29 is 14.7 Å². The van der Waals surface area contributed by atoms with Gasteiger partial charge < -0.3 is 15.3 Å². The second-order valence-electron chi connectivity index (χ2n) is 4.74. The molecule has 6 nitrogen and oxygen atoms in total. The minimum Gasteiger partial charge on any atom is -0.480 e. The van der Waals surface area contributed by atoms with Crippen LogP contribution in [-0.4, -0.2) is 51.1 Å². The van der Waals surface area contributed by atoms with E-state index in [4.69, 9.17) is 0 Å². The van der Waals surface area contributed by atoms with Crippen molar-refractivity contribution >= 4 is 23.8 Å². The van der Waals surface area contributed by atoms with Gasteiger partial charge in [0.15, 0.2) is 0 Å². The van der Waals surface area contributed by atoms with Crippen LogP contribution in [0.2, 0.25) is 0 Å². The highest BCUT2D eigenvalue weighted by Crippen LogP contribution is 2.17. The van der Waals surface area contributed by atoms with E-state index in [2.05, 4.69) is 10.3 Å². The summed E-state index contributed by atoms with van der Waals surface area (Å²) in [7, 11) is 0. The number of hydrogen-bond acceptors (Lipinski definition) is 4. The summed E-state index contributed by atoms with van der Waals surface area (Å²) in [6.45, 7) is 2.81. The fraction of sp³-hybridized carbons (Fsp3) is 0.500. The molecule has 1 fully saturated rings. The summed E-state index contributed by atoms with van der Waals surface area (Å²) in [5, 5.41) is 12.0. The first-order chi connectivity index (χ1) is 10.1. The molecule has 1 atom stereocenters. The van der Waals surface area contributed by atoms with Gasteiger partial charge in [-0.2, -0.15) is 11.8 Å². The van der Waals surface area contributed by atoms with Crippen LogP contribution in [0.1, 0.15) is 18.2 Å². The fourth-order valence-electron chi connectivity index (χ4n) is 2.26. The lowest BCUT2D eigenvalue weighted by molar-refractivity contribution is -0.141. The van der Waals surface area contributed by atoms with Gasteiger partial charge in [0, 0.05) is 24.2 Å². The number of aromatic nitrogens is 1. The maximum absolute atomic E-state index is 12.2. The molecular weight excluding hydrogens is 290 g/mol. The van der Waals surface area contributed by atoms with E-state index in [0.717, 1.165) is 23.4 Å². The maximum atomic E-state index is 12.2. The molecule has 2 heterocycles. The van der Waals surface area contributed by atoms with Crippen molar-refractivity contribution in [3.63, 3.8) is 0 Å². The average Bonchev–Trinajstić information content (AvgIpc) is 2.52. The van der Waals surface area contributed by atoms with Gasteiger partial charge in [-0.15, -0.1) is 0 Å². The van der Waals surface area contributed by atoms with Gasteiger partial charge >= 0.3 is 12.0 Å². The summed E-state index contributed by atoms with van der Waals surface area (Å²) in [6.07, 6.45) is 2.54. The van der Waals surface area contributed by atoms with Crippen molar-refractivity contribution in [2.75, 3.05) is 18.1 Å². The Bertz CT molecular complexity index is 524. The molecule has 0 aliphatic carbocycles. The van der Waals surface area contributed by atoms with Crippen LogP contribution in [0.15, 0.2) is 18.3 Å². The van der Waals surface area contributed by atoms with Crippen LogP contribution in [0, 0.1) is 0 Å². The Morgan fingerprint density at radius 2 is 2.38 bits per heavy atom. The summed E-state index contributed by atoms with van der Waals surface area (Å²) >= 11 is 1.56. The number of thioether (sulfide) groups is 1. The van der Waals surface area contributed by atoms with Crippen LogP contribution in [0.5, 0.6) is 0 Å². The van der Waals surface area contributed by atoms with Crippen molar-refractivity contribution in [2.45, 2.75) is 25.9 Å². The number of nitrogens with one attached hydrogen (secondary N) is 1. The Balaban J connectivity index is 1.99. The smallest absolute Gasteiger partial charge is 0.327 e. The molecule has 2 rings (SSSR count). The van der Waals surface area contributed by atoms with Crippen molar-refractivity contribution in [3.05, 3.63) is 29.6 Å². The van der Waals surface area contributed by atoms with E-state index in [1.807, 2.05) is 19.1 Å². The molecule has 1 saturated heterocycles. The molecule has 1 aromatic heterocycles. The lowest BCUT2D eigenvalue weighted by Gasteiger charge is -2.32. The van der Waals surface area contributed by atoms with E-state index >= 15 is 0 Å². The lowest BCUT2D eigenvalue weighted by atomic mass is 10.1. The lowest BCUT2D eigenvalue weighted by Crippen LogP contribution is -2.53. The number of carboxylic acids is 1. The molecule has 0 spiro atoms. The Morgan fingerprint density at radius 1 is 1.57 bits per heavy atom. The zero-order valence-electron chi connectivity index (χ0n) is 11.9. The zero-order valence-corrected chi connectivity index (χ0v) is 12.7. The predicted molar refractivity (Wildman–Crippen MR) is 81.3 cm³/mol. The number of hydrogen-bond donors (Lipinski definition) is 2. The maximum Gasteiger partial charge on any atom is 0.327 e. The number of carbonyl (C=O) groups is 2. The van der Waals surface area contributed by atoms with Gasteiger partial charge in [0.25, 0.3) is 0 Å². The summed E-state index contributed by atoms with van der Waals surface area (Å²) in [5.74, 6) is 0.248. The number of carbonyl (C=O) groups excluding carboxylic acids is 1. The number of aliphatic carboxylic acids is 1. The van der Waals surface area contributed by atoms with Crippen molar-refractivity contribution in [1.82, 2.24) is 15.2 Å². The third kappa shape index (κ3) is 3.87. The molecule has 0 aromatic carbocycles. The van der Waals surface area contributed by atoms with Gasteiger partial charge in [0.05, 0.1) is 12.2 Å². The second kappa shape index (κ2) is 7.31. The Labute approximate surface area is 127 Å². The molecule has 2 N–H and O–H groups in total. The Morgan fingerprint density at radius 3 is 3.10 bits per heavy atom. The van der Waals surface area contributed by atoms with E-state index in [-0.39, 0.29) is 6.03 Å². The van der Waals surface area contributed by atoms with E-state index in [0.29, 0.717) is 18.8 Å². The Hall–Kier alpha value is -1.76. The van der Waals surface area contributed by atoms with Crippen molar-refractivity contribution in [2.24, 2.45) is 0 Å². The number of aryl methyl sites for hydroxylation is 1. The SMILES string of the molecule is CCc1cccnc1CNC(=O)N1CCSCC1C(=O)O. The van der Waals surface area contributed by atoms with Gasteiger partial charge in [-0.25, -0.2) is 9.59 Å². The van der Waals surface area contributed by atoms with Crippen molar-refractivity contribution in [1.29, 1.82) is 0 Å². The molecule has 7 heteroatoms. The topological polar surface area (TPSA) is 82.5 Å². The molecule has 0 radical (unpaired) electrons. The van der Waals surface area contributed by atoms with Gasteiger partial charge in [-0.1, -0.05) is 13.0 Å². The first-order valence-electron chi connectivity index (χ1n) is 6.91. The standard InChI is InChI=1S/C14H19N3O3S/c1-2-10-4-3-5-15-11(10)8-16-14(20)17-6-7-21-9-12(17)13(18)19/h3-5,12H,2,6-9H2,1H3,(H,16,20)(H,18,19). The second-order valence-corrected chi connectivity index (χ2v) is 5.89. The molecule has 1 unspecified atom stereocenters. The summed E-state index contributed by atoms with van der Waals surface area (Å²) in [5.41, 5.74) is 1.91. The third-order valence-corrected chi connectivity index (χ3v) is 4.47. The quantitative estimate of drug-likeness (QED) is 0.877. The Kier molecular flexibility index (Phi) is 5.44. The number of pyridine rings is 1. The van der Waals surface area contributed by atoms with Crippen molar-refractivity contribution in [3.8, 4) is 0 Å². The van der Waals surface area contributed by atoms with E-state index in [1.54, 1.807) is 18.0 Å². The van der Waals surface area contributed by atoms with Gasteiger partial charge in [0.2, 0.25) is 0 Å². The minimum atomic E-state index is -0.954. The first kappa shape index (κ1) is 15.6. The highest BCUT2D eigenvalue weighted by Gasteiger charge is 2.32. The predicted octanol–water partition coefficient (Wildman–Crippen LogP) is 1.36. The number of urea groups is 1. The van der Waals surface area contributed by atoms with E-state index in [1.165, 1.54) is 4.90 Å². The number of nitrogens with zero attached hydrogens (tertiary/aromatic N) is 2. The molecule has 1 aliphatic heterocycles. The molecule has 1 aliphatic rings. The number of rotatable bonds is 4. The molecular formula is C14H19N3O3S. The summed E-state index contributed by atoms with van der Waals surface area (Å²) in [4.78, 5) is 29.1. The first-order valence-corrected chi connectivity index (χ1v) is 8.06. The van der Waals surface area contributed by atoms with Gasteiger partial charge in [-0.3, -0.25) is 4.98 Å². The van der Waals surface area contributed by atoms with Crippen LogP contribution >= 0.6 is 11.8 Å². The van der Waals surface area contributed by atoms with Crippen LogP contribution < -0.4 is 5.32 Å². The molecule has 114 valence electrons. The highest BCUT2D eigenvalue weighted by molar-refractivity contribution is 7.99. The highest BCUT2D eigenvalue weighted by atomic mass is 32.2. The molecule has 0 bridgehead atoms. The summed E-state index contributed by atoms with van der Waals surface area (Å²) in [6, 6.07) is 2.76. The number of amides is 2. The van der Waals surface area contributed by atoms with E-state index < -0.39 is 12.0 Å². The van der Waals surface area contributed by atoms with E-state index in [9.17, 15) is 14.7 Å². The van der Waals surface area contributed by atoms with Crippen LogP contribution in [0.25, 0.3) is 0 Å². The normalized spacial score (nSPS) is 18.3. The zero-order chi connectivity index (χ0) is 15.2. The van der Waals surface area contributed by atoms with Crippen LogP contribution in [-0.2, 0) is 17.8 Å². The number of carboxylic acid groups (broad SMARTS) is 1. The molecule has 0 saturated carbocycles. The van der Waals surface area contributed by atoms with Crippen LogP contribution in [0.3, 0.4) is 0 Å². The third-order valence-electron chi connectivity index (χ3n) is 3.45. The molecule has 1 aromatic rings. The largest absolute Gasteiger partial charge is 0.480 e. The van der Waals surface area contributed by atoms with Gasteiger partial charge in [0.1, 0.15) is 6.04 Å². The monoisotopic (exact) mass is 309 g/mol. The molecule has 21 heavy (non-hydrogen) atoms. The fourth-order valence-corrected chi connectivity index (χ4v) is 3.30. The van der Waals surface area contributed by atoms with Gasteiger partial charge in [-0.05, 0) is 18.1 Å². The average molecular weight is 309 g/mol. The molecule has 2 amide bonds.